The number of amides is 1. The van der Waals surface area contributed by atoms with Crippen molar-refractivity contribution in [2.45, 2.75) is 90.5 Å². The van der Waals surface area contributed by atoms with Crippen LogP contribution in [0, 0.1) is 0 Å². The van der Waals surface area contributed by atoms with Crippen molar-refractivity contribution in [3.8, 4) is 5.19 Å². The molecule has 1 aliphatic rings. The lowest BCUT2D eigenvalue weighted by Gasteiger charge is -2.48. The van der Waals surface area contributed by atoms with Crippen molar-refractivity contribution >= 4 is 38.8 Å². The quantitative estimate of drug-likeness (QED) is 0.251. The van der Waals surface area contributed by atoms with Gasteiger partial charge in [0.2, 0.25) is 5.91 Å². The van der Waals surface area contributed by atoms with Gasteiger partial charge in [0.05, 0.1) is 23.2 Å². The lowest BCUT2D eigenvalue weighted by atomic mass is 9.79. The molecule has 0 aliphatic carbocycles. The van der Waals surface area contributed by atoms with Crippen LogP contribution in [0.3, 0.4) is 0 Å². The molecule has 4 rings (SSSR count). The lowest BCUT2D eigenvalue weighted by molar-refractivity contribution is -0.116. The highest BCUT2D eigenvalue weighted by molar-refractivity contribution is 7.20. The largest absolute Gasteiger partial charge is 0.469 e. The van der Waals surface area contributed by atoms with Crippen LogP contribution in [0.15, 0.2) is 42.5 Å². The maximum atomic E-state index is 12.6. The molecule has 1 amide bonds. The fourth-order valence-electron chi connectivity index (χ4n) is 5.41. The third-order valence-corrected chi connectivity index (χ3v) is 8.18. The molecule has 2 heterocycles. The molecule has 1 atom stereocenters. The summed E-state index contributed by atoms with van der Waals surface area (Å²) in [5, 5.41) is 3.69. The molecule has 0 bridgehead atoms. The zero-order chi connectivity index (χ0) is 25.5. The Balaban J connectivity index is 1.33. The molecule has 1 aromatic heterocycles. The minimum atomic E-state index is -0.0382. The van der Waals surface area contributed by atoms with E-state index in [4.69, 9.17) is 4.74 Å². The number of carbonyl (C=O) groups excluding carboxylic acids is 1. The molecule has 6 heteroatoms. The van der Waals surface area contributed by atoms with Crippen LogP contribution in [0.25, 0.3) is 10.2 Å². The van der Waals surface area contributed by atoms with Gasteiger partial charge in [0.25, 0.3) is 5.19 Å². The number of hydrogen-bond donors (Lipinski definition) is 1. The fourth-order valence-corrected chi connectivity index (χ4v) is 6.25. The first-order valence-electron chi connectivity index (χ1n) is 13.6. The number of rotatable bonds is 12. The Morgan fingerprint density at radius 1 is 1.14 bits per heavy atom. The Labute approximate surface area is 220 Å². The summed E-state index contributed by atoms with van der Waals surface area (Å²) in [7, 11) is 0. The molecule has 0 fully saturated rings. The van der Waals surface area contributed by atoms with Crippen molar-refractivity contribution in [1.29, 1.82) is 0 Å². The SMILES string of the molecule is CCCCCCCCN1c2ccc(NC(=O)CCOc3nc4ccccc4s3)cc2C(C)CC1(C)C. The van der Waals surface area contributed by atoms with Crippen LogP contribution in [0.2, 0.25) is 0 Å². The van der Waals surface area contributed by atoms with Crippen LogP contribution in [-0.4, -0.2) is 29.6 Å². The Morgan fingerprint density at radius 2 is 1.92 bits per heavy atom. The van der Waals surface area contributed by atoms with Gasteiger partial charge >= 0.3 is 0 Å². The number of para-hydroxylation sites is 1. The number of anilines is 2. The predicted octanol–water partition coefficient (Wildman–Crippen LogP) is 8.16. The number of nitrogens with one attached hydrogen (secondary N) is 1. The van der Waals surface area contributed by atoms with Crippen LogP contribution in [-0.2, 0) is 4.79 Å². The number of carbonyl (C=O) groups is 1. The standard InChI is InChI=1S/C30H41N3O2S/c1-5-6-7-8-9-12-18-33-26-16-15-23(20-24(26)22(2)21-30(33,3)4)31-28(34)17-19-35-29-32-25-13-10-11-14-27(25)36-29/h10-11,13-16,20,22H,5-9,12,17-19,21H2,1-4H3,(H,31,34). The van der Waals surface area contributed by atoms with E-state index in [1.54, 1.807) is 0 Å². The number of benzene rings is 2. The maximum Gasteiger partial charge on any atom is 0.274 e. The molecule has 194 valence electrons. The monoisotopic (exact) mass is 507 g/mol. The number of unbranched alkanes of at least 4 members (excludes halogenated alkanes) is 5. The Morgan fingerprint density at radius 3 is 2.72 bits per heavy atom. The van der Waals surface area contributed by atoms with Gasteiger partial charge in [-0.3, -0.25) is 4.79 Å². The molecule has 0 saturated heterocycles. The van der Waals surface area contributed by atoms with E-state index in [9.17, 15) is 4.79 Å². The maximum absolute atomic E-state index is 12.6. The van der Waals surface area contributed by atoms with Crippen LogP contribution in [0.4, 0.5) is 11.4 Å². The van der Waals surface area contributed by atoms with E-state index < -0.39 is 0 Å². The smallest absolute Gasteiger partial charge is 0.274 e. The minimum absolute atomic E-state index is 0.0382. The Bertz CT molecular complexity index is 1120. The highest BCUT2D eigenvalue weighted by Gasteiger charge is 2.36. The first-order valence-corrected chi connectivity index (χ1v) is 14.4. The number of aromatic nitrogens is 1. The summed E-state index contributed by atoms with van der Waals surface area (Å²) in [6.07, 6.45) is 9.25. The molecule has 1 aliphatic heterocycles. The first kappa shape index (κ1) is 26.5. The number of ether oxygens (including phenoxy) is 1. The van der Waals surface area contributed by atoms with Crippen LogP contribution in [0.1, 0.15) is 90.5 Å². The van der Waals surface area contributed by atoms with Crippen LogP contribution < -0.4 is 15.0 Å². The summed E-state index contributed by atoms with van der Waals surface area (Å²) in [6.45, 7) is 10.7. The minimum Gasteiger partial charge on any atom is -0.469 e. The van der Waals surface area contributed by atoms with E-state index in [0.717, 1.165) is 28.9 Å². The van der Waals surface area contributed by atoms with Crippen molar-refractivity contribution in [2.75, 3.05) is 23.4 Å². The molecule has 0 radical (unpaired) electrons. The van der Waals surface area contributed by atoms with E-state index in [1.807, 2.05) is 30.3 Å². The summed E-state index contributed by atoms with van der Waals surface area (Å²) in [5.74, 6) is 0.416. The van der Waals surface area contributed by atoms with Gasteiger partial charge in [0, 0.05) is 23.5 Å². The highest BCUT2D eigenvalue weighted by atomic mass is 32.1. The second kappa shape index (κ2) is 12.1. The van der Waals surface area contributed by atoms with Crippen molar-refractivity contribution < 1.29 is 9.53 Å². The zero-order valence-corrected chi connectivity index (χ0v) is 23.1. The van der Waals surface area contributed by atoms with Gasteiger partial charge in [-0.1, -0.05) is 69.4 Å². The topological polar surface area (TPSA) is 54.5 Å². The summed E-state index contributed by atoms with van der Waals surface area (Å²) in [6, 6.07) is 14.4. The van der Waals surface area contributed by atoms with Gasteiger partial charge in [-0.05, 0) is 68.5 Å². The molecule has 5 nitrogen and oxygen atoms in total. The second-order valence-electron chi connectivity index (χ2n) is 10.7. The lowest BCUT2D eigenvalue weighted by Crippen LogP contribution is -2.48. The Kier molecular flexibility index (Phi) is 8.89. The Hall–Kier alpha value is -2.60. The van der Waals surface area contributed by atoms with Crippen molar-refractivity contribution in [3.05, 3.63) is 48.0 Å². The number of nitrogens with zero attached hydrogens (tertiary/aromatic N) is 2. The molecule has 36 heavy (non-hydrogen) atoms. The van der Waals surface area contributed by atoms with E-state index in [2.05, 4.69) is 55.0 Å². The van der Waals surface area contributed by atoms with Gasteiger partial charge < -0.3 is 15.0 Å². The van der Waals surface area contributed by atoms with E-state index in [0.29, 0.717) is 24.1 Å². The fraction of sp³-hybridized carbons (Fsp3) is 0.533. The average Bonchev–Trinajstić information content (AvgIpc) is 3.25. The van der Waals surface area contributed by atoms with Crippen LogP contribution >= 0.6 is 11.3 Å². The van der Waals surface area contributed by atoms with Crippen molar-refractivity contribution in [2.24, 2.45) is 0 Å². The summed E-state index contributed by atoms with van der Waals surface area (Å²) < 4.78 is 6.84. The van der Waals surface area contributed by atoms with Gasteiger partial charge in [-0.2, -0.15) is 0 Å². The van der Waals surface area contributed by atoms with Crippen molar-refractivity contribution in [1.82, 2.24) is 4.98 Å². The number of hydrogen-bond acceptors (Lipinski definition) is 5. The molecule has 1 unspecified atom stereocenters. The molecular weight excluding hydrogens is 466 g/mol. The molecule has 0 saturated carbocycles. The predicted molar refractivity (Wildman–Crippen MR) is 153 cm³/mol. The van der Waals surface area contributed by atoms with E-state index in [-0.39, 0.29) is 11.4 Å². The van der Waals surface area contributed by atoms with E-state index >= 15 is 0 Å². The van der Waals surface area contributed by atoms with Crippen LogP contribution in [0.5, 0.6) is 5.19 Å². The molecule has 1 N–H and O–H groups in total. The zero-order valence-electron chi connectivity index (χ0n) is 22.3. The molecular formula is C30H41N3O2S. The molecule has 2 aromatic carbocycles. The van der Waals surface area contributed by atoms with Crippen molar-refractivity contribution in [3.63, 3.8) is 0 Å². The summed E-state index contributed by atoms with van der Waals surface area (Å²) in [4.78, 5) is 19.7. The number of thiazole rings is 1. The third-order valence-electron chi connectivity index (χ3n) is 7.23. The van der Waals surface area contributed by atoms with Gasteiger partial charge in [0.15, 0.2) is 0 Å². The third kappa shape index (κ3) is 6.58. The summed E-state index contributed by atoms with van der Waals surface area (Å²) >= 11 is 1.51. The molecule has 3 aromatic rings. The number of fused-ring (bicyclic) bond motifs is 2. The normalized spacial score (nSPS) is 16.7. The molecule has 0 spiro atoms. The second-order valence-corrected chi connectivity index (χ2v) is 11.7. The first-order chi connectivity index (χ1) is 17.4. The summed E-state index contributed by atoms with van der Waals surface area (Å²) in [5.41, 5.74) is 4.59. The van der Waals surface area contributed by atoms with Gasteiger partial charge in [-0.25, -0.2) is 4.98 Å². The average molecular weight is 508 g/mol. The van der Waals surface area contributed by atoms with Gasteiger partial charge in [-0.15, -0.1) is 0 Å². The van der Waals surface area contributed by atoms with E-state index in [1.165, 1.54) is 61.1 Å². The highest BCUT2D eigenvalue weighted by Crippen LogP contribution is 2.44. The van der Waals surface area contributed by atoms with Gasteiger partial charge in [0.1, 0.15) is 0 Å².